The average Bonchev–Trinajstić information content (AvgIpc) is 3.31. The van der Waals surface area contributed by atoms with E-state index in [1.807, 2.05) is 38.1 Å². The summed E-state index contributed by atoms with van der Waals surface area (Å²) in [5, 5.41) is 0. The fourth-order valence-electron chi connectivity index (χ4n) is 3.91. The summed E-state index contributed by atoms with van der Waals surface area (Å²) >= 11 is 0. The SMILES string of the molecule is COc1cc(C2OC(=O)[C@@H](C)[C@H]2C)c(-c2ccc3c(c2)OCO3)c(OC)c1OC. The van der Waals surface area contributed by atoms with Gasteiger partial charge in [-0.15, -0.1) is 0 Å². The quantitative estimate of drug-likeness (QED) is 0.703. The first-order valence-electron chi connectivity index (χ1n) is 9.43. The Balaban J connectivity index is 1.97. The van der Waals surface area contributed by atoms with Crippen LogP contribution in [0.3, 0.4) is 0 Å². The lowest BCUT2D eigenvalue weighted by molar-refractivity contribution is -0.144. The monoisotopic (exact) mass is 400 g/mol. The minimum Gasteiger partial charge on any atom is -0.493 e. The van der Waals surface area contributed by atoms with Crippen molar-refractivity contribution in [2.24, 2.45) is 11.8 Å². The number of methoxy groups -OCH3 is 3. The van der Waals surface area contributed by atoms with Gasteiger partial charge in [-0.1, -0.05) is 19.9 Å². The zero-order valence-corrected chi connectivity index (χ0v) is 17.1. The molecule has 1 fully saturated rings. The number of carbonyl (C=O) groups excluding carboxylic acids is 1. The molecular formula is C22H24O7. The molecule has 2 aromatic carbocycles. The summed E-state index contributed by atoms with van der Waals surface area (Å²) in [6, 6.07) is 7.52. The summed E-state index contributed by atoms with van der Waals surface area (Å²) < 4.78 is 33.6. The summed E-state index contributed by atoms with van der Waals surface area (Å²) in [5.74, 6) is 2.38. The van der Waals surface area contributed by atoms with Crippen LogP contribution in [0, 0.1) is 11.8 Å². The second-order valence-electron chi connectivity index (χ2n) is 7.18. The predicted octanol–water partition coefficient (Wildman–Crippen LogP) is 3.98. The first kappa shape index (κ1) is 19.2. The fourth-order valence-corrected chi connectivity index (χ4v) is 3.91. The molecule has 0 amide bonds. The van der Waals surface area contributed by atoms with Gasteiger partial charge < -0.3 is 28.4 Å². The maximum atomic E-state index is 12.3. The van der Waals surface area contributed by atoms with E-state index in [4.69, 9.17) is 28.4 Å². The van der Waals surface area contributed by atoms with E-state index in [1.165, 1.54) is 0 Å². The lowest BCUT2D eigenvalue weighted by atomic mass is 9.85. The molecule has 7 nitrogen and oxygen atoms in total. The smallest absolute Gasteiger partial charge is 0.309 e. The van der Waals surface area contributed by atoms with Crippen LogP contribution in [0.15, 0.2) is 24.3 Å². The second-order valence-corrected chi connectivity index (χ2v) is 7.18. The molecule has 0 aromatic heterocycles. The lowest BCUT2D eigenvalue weighted by Crippen LogP contribution is -2.11. The van der Waals surface area contributed by atoms with Crippen LogP contribution in [0.2, 0.25) is 0 Å². The van der Waals surface area contributed by atoms with Gasteiger partial charge in [0.25, 0.3) is 0 Å². The van der Waals surface area contributed by atoms with Crippen molar-refractivity contribution in [1.82, 2.24) is 0 Å². The third-order valence-corrected chi connectivity index (χ3v) is 5.71. The molecule has 0 bridgehead atoms. The fraction of sp³-hybridized carbons (Fsp3) is 0.409. The summed E-state index contributed by atoms with van der Waals surface area (Å²) in [6.45, 7) is 4.07. The minimum atomic E-state index is -0.438. The van der Waals surface area contributed by atoms with E-state index in [0.717, 1.165) is 16.7 Å². The Kier molecular flexibility index (Phi) is 4.90. The predicted molar refractivity (Wildman–Crippen MR) is 105 cm³/mol. The van der Waals surface area contributed by atoms with Gasteiger partial charge in [0.05, 0.1) is 27.2 Å². The van der Waals surface area contributed by atoms with E-state index >= 15 is 0 Å². The van der Waals surface area contributed by atoms with Crippen molar-refractivity contribution >= 4 is 5.97 Å². The van der Waals surface area contributed by atoms with Crippen molar-refractivity contribution < 1.29 is 33.2 Å². The molecular weight excluding hydrogens is 376 g/mol. The number of fused-ring (bicyclic) bond motifs is 1. The zero-order chi connectivity index (χ0) is 20.7. The Morgan fingerprint density at radius 2 is 1.66 bits per heavy atom. The number of rotatable bonds is 5. The molecule has 7 heteroatoms. The van der Waals surface area contributed by atoms with Gasteiger partial charge in [-0.2, -0.15) is 0 Å². The van der Waals surface area contributed by atoms with Crippen LogP contribution in [0.4, 0.5) is 0 Å². The van der Waals surface area contributed by atoms with E-state index in [9.17, 15) is 4.79 Å². The Bertz CT molecular complexity index is 953. The molecule has 29 heavy (non-hydrogen) atoms. The number of hydrogen-bond acceptors (Lipinski definition) is 7. The molecule has 4 rings (SSSR count). The largest absolute Gasteiger partial charge is 0.493 e. The van der Waals surface area contributed by atoms with E-state index in [2.05, 4.69) is 0 Å². The highest BCUT2D eigenvalue weighted by Crippen LogP contribution is 2.53. The van der Waals surface area contributed by atoms with E-state index < -0.39 is 6.10 Å². The van der Waals surface area contributed by atoms with Crippen molar-refractivity contribution in [2.75, 3.05) is 28.1 Å². The highest BCUT2D eigenvalue weighted by Gasteiger charge is 2.42. The summed E-state index contributed by atoms with van der Waals surface area (Å²) in [7, 11) is 4.70. The van der Waals surface area contributed by atoms with Crippen LogP contribution >= 0.6 is 0 Å². The van der Waals surface area contributed by atoms with Gasteiger partial charge in [0, 0.05) is 17.0 Å². The molecule has 154 valence electrons. The van der Waals surface area contributed by atoms with Gasteiger partial charge in [0.2, 0.25) is 12.5 Å². The molecule has 2 heterocycles. The molecule has 3 atom stereocenters. The first-order chi connectivity index (χ1) is 14.0. The van der Waals surface area contributed by atoms with Crippen LogP contribution in [0.1, 0.15) is 25.5 Å². The topological polar surface area (TPSA) is 72.5 Å². The van der Waals surface area contributed by atoms with E-state index in [-0.39, 0.29) is 24.6 Å². The van der Waals surface area contributed by atoms with Crippen LogP contribution in [0.5, 0.6) is 28.7 Å². The van der Waals surface area contributed by atoms with E-state index in [1.54, 1.807) is 21.3 Å². The molecule has 0 saturated carbocycles. The van der Waals surface area contributed by atoms with Gasteiger partial charge in [-0.05, 0) is 23.8 Å². The van der Waals surface area contributed by atoms with Gasteiger partial charge in [0.1, 0.15) is 6.10 Å². The third kappa shape index (κ3) is 3.01. The van der Waals surface area contributed by atoms with Crippen LogP contribution in [-0.4, -0.2) is 34.1 Å². The second kappa shape index (κ2) is 7.39. The van der Waals surface area contributed by atoms with Crippen LogP contribution in [0.25, 0.3) is 11.1 Å². The Morgan fingerprint density at radius 3 is 2.28 bits per heavy atom. The van der Waals surface area contributed by atoms with Gasteiger partial charge >= 0.3 is 5.97 Å². The van der Waals surface area contributed by atoms with E-state index in [0.29, 0.717) is 28.7 Å². The molecule has 0 N–H and O–H groups in total. The Morgan fingerprint density at radius 1 is 0.931 bits per heavy atom. The molecule has 2 aliphatic rings. The Hall–Kier alpha value is -3.09. The Labute approximate surface area is 169 Å². The average molecular weight is 400 g/mol. The molecule has 1 unspecified atom stereocenters. The molecule has 0 aliphatic carbocycles. The maximum absolute atomic E-state index is 12.3. The first-order valence-corrected chi connectivity index (χ1v) is 9.43. The minimum absolute atomic E-state index is 0.0157. The standard InChI is InChI=1S/C22H24O7/c1-11-12(2)22(23)29-19(11)14-9-17(24-3)20(25-4)21(26-5)18(14)13-6-7-15-16(8-13)28-10-27-15/h6-9,11-12,19H,10H2,1-5H3/t11-,12+,19?/m1/s1. The number of ether oxygens (including phenoxy) is 6. The highest BCUT2D eigenvalue weighted by atomic mass is 16.7. The zero-order valence-electron chi connectivity index (χ0n) is 17.1. The number of hydrogen-bond donors (Lipinski definition) is 0. The third-order valence-electron chi connectivity index (χ3n) is 5.71. The maximum Gasteiger partial charge on any atom is 0.309 e. The number of benzene rings is 2. The van der Waals surface area contributed by atoms with Gasteiger partial charge in [-0.25, -0.2) is 0 Å². The van der Waals surface area contributed by atoms with Gasteiger partial charge in [0.15, 0.2) is 23.0 Å². The number of carbonyl (C=O) groups is 1. The summed E-state index contributed by atoms with van der Waals surface area (Å²) in [4.78, 5) is 12.3. The van der Waals surface area contributed by atoms with Crippen molar-refractivity contribution in [1.29, 1.82) is 0 Å². The highest BCUT2D eigenvalue weighted by molar-refractivity contribution is 5.83. The molecule has 1 saturated heterocycles. The van der Waals surface area contributed by atoms with Crippen LogP contribution < -0.4 is 23.7 Å². The summed E-state index contributed by atoms with van der Waals surface area (Å²) in [5.41, 5.74) is 2.40. The van der Waals surface area contributed by atoms with Crippen molar-refractivity contribution in [3.8, 4) is 39.9 Å². The van der Waals surface area contributed by atoms with Gasteiger partial charge in [-0.3, -0.25) is 4.79 Å². The van der Waals surface area contributed by atoms with Crippen LogP contribution in [-0.2, 0) is 9.53 Å². The number of esters is 1. The molecule has 0 spiro atoms. The number of cyclic esters (lactones) is 1. The lowest BCUT2D eigenvalue weighted by Gasteiger charge is -2.24. The molecule has 0 radical (unpaired) electrons. The molecule has 2 aromatic rings. The van der Waals surface area contributed by atoms with Crippen molar-refractivity contribution in [3.05, 3.63) is 29.8 Å². The van der Waals surface area contributed by atoms with Crippen molar-refractivity contribution in [2.45, 2.75) is 20.0 Å². The van der Waals surface area contributed by atoms with Crippen molar-refractivity contribution in [3.63, 3.8) is 0 Å². The molecule has 2 aliphatic heterocycles. The normalized spacial score (nSPS) is 22.4. The summed E-state index contributed by atoms with van der Waals surface area (Å²) in [6.07, 6.45) is -0.438.